The van der Waals surface area contributed by atoms with Gasteiger partial charge in [0.25, 0.3) is 0 Å². The number of aromatic nitrogens is 2. The maximum atomic E-state index is 5.59. The van der Waals surface area contributed by atoms with Gasteiger partial charge in [-0.2, -0.15) is 5.10 Å². The number of ether oxygens (including phenoxy) is 3. The fraction of sp³-hybridized carbons (Fsp3) is 0.471. The highest BCUT2D eigenvalue weighted by molar-refractivity contribution is 9.10. The van der Waals surface area contributed by atoms with Crippen molar-refractivity contribution in [2.75, 3.05) is 33.0 Å². The Morgan fingerprint density at radius 2 is 1.74 bits per heavy atom. The molecule has 1 atom stereocenters. The van der Waals surface area contributed by atoms with E-state index in [1.807, 2.05) is 41.2 Å². The second-order valence-corrected chi connectivity index (χ2v) is 6.13. The third-order valence-electron chi connectivity index (χ3n) is 3.24. The molecule has 0 bridgehead atoms. The molecule has 0 N–H and O–H groups in total. The number of halogens is 1. The summed E-state index contributed by atoms with van der Waals surface area (Å²) in [5.41, 5.74) is 1.18. The lowest BCUT2D eigenvalue weighted by molar-refractivity contribution is 0.00531. The number of nitrogens with zero attached hydrogens (tertiary/aromatic N) is 2. The van der Waals surface area contributed by atoms with Crippen molar-refractivity contribution in [1.29, 1.82) is 0 Å². The molecule has 0 fully saturated rings. The van der Waals surface area contributed by atoms with E-state index in [2.05, 4.69) is 28.0 Å². The number of benzene rings is 1. The van der Waals surface area contributed by atoms with Crippen molar-refractivity contribution in [2.45, 2.75) is 19.6 Å². The van der Waals surface area contributed by atoms with Gasteiger partial charge in [-0.3, -0.25) is 4.68 Å². The van der Waals surface area contributed by atoms with E-state index >= 15 is 0 Å². The molecular formula is C17H23BrN2O3. The minimum atomic E-state index is 0.204. The summed E-state index contributed by atoms with van der Waals surface area (Å²) in [6.45, 7) is 5.62. The van der Waals surface area contributed by atoms with E-state index in [1.54, 1.807) is 6.20 Å². The summed E-state index contributed by atoms with van der Waals surface area (Å²) in [7, 11) is 0. The minimum absolute atomic E-state index is 0.204. The Bertz CT molecular complexity index is 548. The number of hydrogen-bond acceptors (Lipinski definition) is 4. The van der Waals surface area contributed by atoms with Crippen molar-refractivity contribution in [3.63, 3.8) is 0 Å². The molecule has 2 rings (SSSR count). The zero-order valence-corrected chi connectivity index (χ0v) is 14.9. The third kappa shape index (κ3) is 7.26. The highest BCUT2D eigenvalue weighted by Gasteiger charge is 2.05. The van der Waals surface area contributed by atoms with Gasteiger partial charge in [0.15, 0.2) is 0 Å². The Balaban J connectivity index is 1.42. The Hall–Kier alpha value is -1.21. The average molecular weight is 383 g/mol. The van der Waals surface area contributed by atoms with E-state index < -0.39 is 0 Å². The molecule has 2 aromatic rings. The van der Waals surface area contributed by atoms with Crippen molar-refractivity contribution in [3.8, 4) is 0 Å². The summed E-state index contributed by atoms with van der Waals surface area (Å²) >= 11 is 3.38. The SMILES string of the molecule is C[C@@H](COCCOCCOCc1ccccc1)n1cc(Br)cn1. The van der Waals surface area contributed by atoms with E-state index in [0.29, 0.717) is 39.6 Å². The average Bonchev–Trinajstić information content (AvgIpc) is 3.00. The van der Waals surface area contributed by atoms with Crippen LogP contribution in [-0.2, 0) is 20.8 Å². The lowest BCUT2D eigenvalue weighted by Gasteiger charge is -2.12. The fourth-order valence-corrected chi connectivity index (χ4v) is 2.29. The van der Waals surface area contributed by atoms with Crippen LogP contribution in [0.5, 0.6) is 0 Å². The molecule has 1 aromatic carbocycles. The lowest BCUT2D eigenvalue weighted by atomic mass is 10.2. The molecular weight excluding hydrogens is 360 g/mol. The van der Waals surface area contributed by atoms with Crippen LogP contribution in [-0.4, -0.2) is 42.8 Å². The standard InChI is InChI=1S/C17H23BrN2O3/c1-15(20-12-17(18)11-19-20)13-22-9-7-21-8-10-23-14-16-5-3-2-4-6-16/h2-6,11-12,15H,7-10,13-14H2,1H3/t15-/m0/s1. The van der Waals surface area contributed by atoms with E-state index in [-0.39, 0.29) is 6.04 Å². The van der Waals surface area contributed by atoms with Crippen LogP contribution in [0.2, 0.25) is 0 Å². The fourth-order valence-electron chi connectivity index (χ4n) is 1.99. The maximum Gasteiger partial charge on any atom is 0.0725 e. The highest BCUT2D eigenvalue weighted by atomic mass is 79.9. The van der Waals surface area contributed by atoms with Gasteiger partial charge < -0.3 is 14.2 Å². The van der Waals surface area contributed by atoms with Gasteiger partial charge in [0.2, 0.25) is 0 Å². The first-order chi connectivity index (χ1) is 11.3. The van der Waals surface area contributed by atoms with E-state index in [1.165, 1.54) is 5.56 Å². The first kappa shape index (κ1) is 18.1. The van der Waals surface area contributed by atoms with Crippen LogP contribution in [0.1, 0.15) is 18.5 Å². The molecule has 0 saturated carbocycles. The molecule has 0 radical (unpaired) electrons. The maximum absolute atomic E-state index is 5.59. The molecule has 0 aliphatic rings. The summed E-state index contributed by atoms with van der Waals surface area (Å²) in [5, 5.41) is 4.23. The molecule has 1 aromatic heterocycles. The van der Waals surface area contributed by atoms with Gasteiger partial charge in [0.1, 0.15) is 0 Å². The molecule has 126 valence electrons. The normalized spacial score (nSPS) is 12.4. The predicted octanol–water partition coefficient (Wildman–Crippen LogP) is 3.46. The topological polar surface area (TPSA) is 45.5 Å². The second kappa shape index (κ2) is 10.5. The van der Waals surface area contributed by atoms with E-state index in [4.69, 9.17) is 14.2 Å². The zero-order valence-electron chi connectivity index (χ0n) is 13.4. The Morgan fingerprint density at radius 1 is 1.04 bits per heavy atom. The Kier molecular flexibility index (Phi) is 8.31. The minimum Gasteiger partial charge on any atom is -0.377 e. The molecule has 23 heavy (non-hydrogen) atoms. The van der Waals surface area contributed by atoms with Crippen molar-refractivity contribution < 1.29 is 14.2 Å². The second-order valence-electron chi connectivity index (χ2n) is 5.21. The van der Waals surface area contributed by atoms with Crippen molar-refractivity contribution in [3.05, 3.63) is 52.8 Å². The van der Waals surface area contributed by atoms with E-state index in [0.717, 1.165) is 4.47 Å². The van der Waals surface area contributed by atoms with E-state index in [9.17, 15) is 0 Å². The molecule has 0 saturated heterocycles. The van der Waals surface area contributed by atoms with Crippen molar-refractivity contribution >= 4 is 15.9 Å². The first-order valence-corrected chi connectivity index (χ1v) is 8.52. The van der Waals surface area contributed by atoms with Gasteiger partial charge in [0.05, 0.1) is 56.4 Å². The molecule has 0 unspecified atom stereocenters. The number of hydrogen-bond donors (Lipinski definition) is 0. The summed E-state index contributed by atoms with van der Waals surface area (Å²) in [6.07, 6.45) is 3.71. The van der Waals surface area contributed by atoms with Gasteiger partial charge in [0, 0.05) is 6.20 Å². The summed E-state index contributed by atoms with van der Waals surface area (Å²) < 4.78 is 19.5. The van der Waals surface area contributed by atoms with Crippen LogP contribution >= 0.6 is 15.9 Å². The Labute approximate surface area is 145 Å². The van der Waals surface area contributed by atoms with Gasteiger partial charge in [-0.15, -0.1) is 0 Å². The van der Waals surface area contributed by atoms with Crippen LogP contribution in [0.25, 0.3) is 0 Å². The van der Waals surface area contributed by atoms with Gasteiger partial charge in [-0.05, 0) is 28.4 Å². The molecule has 1 heterocycles. The molecule has 0 aliphatic carbocycles. The summed E-state index contributed by atoms with van der Waals surface area (Å²) in [6, 6.07) is 10.3. The summed E-state index contributed by atoms with van der Waals surface area (Å²) in [5.74, 6) is 0. The van der Waals surface area contributed by atoms with Crippen LogP contribution in [0, 0.1) is 0 Å². The largest absolute Gasteiger partial charge is 0.377 e. The molecule has 0 aliphatic heterocycles. The third-order valence-corrected chi connectivity index (χ3v) is 3.65. The molecule has 0 amide bonds. The monoisotopic (exact) mass is 382 g/mol. The zero-order chi connectivity index (χ0) is 16.3. The van der Waals surface area contributed by atoms with Gasteiger partial charge in [-0.1, -0.05) is 30.3 Å². The lowest BCUT2D eigenvalue weighted by Crippen LogP contribution is -2.15. The number of rotatable bonds is 11. The van der Waals surface area contributed by atoms with Crippen molar-refractivity contribution in [1.82, 2.24) is 9.78 Å². The van der Waals surface area contributed by atoms with Crippen molar-refractivity contribution in [2.24, 2.45) is 0 Å². The highest BCUT2D eigenvalue weighted by Crippen LogP contribution is 2.11. The molecule has 5 nitrogen and oxygen atoms in total. The smallest absolute Gasteiger partial charge is 0.0725 e. The quantitative estimate of drug-likeness (QED) is 0.558. The molecule has 0 spiro atoms. The van der Waals surface area contributed by atoms with Gasteiger partial charge >= 0.3 is 0 Å². The predicted molar refractivity (Wildman–Crippen MR) is 92.4 cm³/mol. The Morgan fingerprint density at radius 3 is 2.43 bits per heavy atom. The van der Waals surface area contributed by atoms with Crippen LogP contribution < -0.4 is 0 Å². The van der Waals surface area contributed by atoms with Gasteiger partial charge in [-0.25, -0.2) is 0 Å². The first-order valence-electron chi connectivity index (χ1n) is 7.72. The molecule has 6 heteroatoms. The summed E-state index contributed by atoms with van der Waals surface area (Å²) in [4.78, 5) is 0. The van der Waals surface area contributed by atoms with Crippen LogP contribution in [0.4, 0.5) is 0 Å². The van der Waals surface area contributed by atoms with Crippen LogP contribution in [0.15, 0.2) is 47.2 Å². The van der Waals surface area contributed by atoms with Crippen LogP contribution in [0.3, 0.4) is 0 Å².